The number of aromatic nitrogens is 1. The summed E-state index contributed by atoms with van der Waals surface area (Å²) in [6.45, 7) is 14.4. The molecule has 0 unspecified atom stereocenters. The Morgan fingerprint density at radius 1 is 1.15 bits per heavy atom. The van der Waals surface area contributed by atoms with Crippen LogP contribution in [0.4, 0.5) is 0 Å². The number of nitrogens with zero attached hydrogens (tertiary/aromatic N) is 1. The molecule has 0 aliphatic rings. The Labute approximate surface area is 198 Å². The molecule has 1 aromatic rings. The number of aromatic amines is 1. The average molecular weight is 479 g/mol. The standard InChI is InChI=1S/C24H38N4O4S/c1-8-11-25-23(29)20(14-17(4)16-33(7,31)32)15-21-18(5)22(19(6)27-21)24(30)26-12-13-28(9-2)10-3/h8,11,14-15,27H,9-10,12-13,16H2,1-7H3,(H,25,29)(H,26,30)/b11-8+,17-14+,20-15-. The monoisotopic (exact) mass is 478 g/mol. The minimum Gasteiger partial charge on any atom is -0.358 e. The number of hydrogen-bond acceptors (Lipinski definition) is 5. The number of aryl methyl sites for hydroxylation is 1. The van der Waals surface area contributed by atoms with Gasteiger partial charge in [-0.3, -0.25) is 9.59 Å². The number of carbonyl (C=O) groups excluding carboxylic acids is 2. The molecule has 1 heterocycles. The number of likely N-dealkylation sites (N-methyl/N-ethyl adjacent to an activating group) is 1. The highest BCUT2D eigenvalue weighted by Gasteiger charge is 2.18. The van der Waals surface area contributed by atoms with Gasteiger partial charge < -0.3 is 20.5 Å². The summed E-state index contributed by atoms with van der Waals surface area (Å²) in [6.07, 6.45) is 7.54. The molecular formula is C24H38N4O4S. The summed E-state index contributed by atoms with van der Waals surface area (Å²) in [6, 6.07) is 0. The van der Waals surface area contributed by atoms with E-state index in [4.69, 9.17) is 0 Å². The Hall–Kier alpha value is -2.65. The molecule has 0 atom stereocenters. The molecule has 1 rings (SSSR count). The minimum atomic E-state index is -3.23. The van der Waals surface area contributed by atoms with Crippen molar-refractivity contribution in [1.29, 1.82) is 0 Å². The van der Waals surface area contributed by atoms with Gasteiger partial charge in [0.15, 0.2) is 9.84 Å². The predicted molar refractivity (Wildman–Crippen MR) is 135 cm³/mol. The van der Waals surface area contributed by atoms with E-state index in [-0.39, 0.29) is 23.1 Å². The molecule has 0 saturated carbocycles. The number of allylic oxidation sites excluding steroid dienone is 1. The molecule has 0 spiro atoms. The van der Waals surface area contributed by atoms with Gasteiger partial charge in [0.25, 0.3) is 11.8 Å². The van der Waals surface area contributed by atoms with E-state index in [1.807, 2.05) is 13.8 Å². The van der Waals surface area contributed by atoms with Crippen molar-refractivity contribution in [3.05, 3.63) is 52.0 Å². The van der Waals surface area contributed by atoms with Gasteiger partial charge in [0.1, 0.15) is 0 Å². The van der Waals surface area contributed by atoms with Crippen LogP contribution in [0.1, 0.15) is 55.0 Å². The molecule has 0 bridgehead atoms. The van der Waals surface area contributed by atoms with Gasteiger partial charge in [0.05, 0.1) is 11.3 Å². The number of amides is 2. The Bertz CT molecular complexity index is 1030. The Balaban J connectivity index is 3.26. The summed E-state index contributed by atoms with van der Waals surface area (Å²) in [5, 5.41) is 5.62. The van der Waals surface area contributed by atoms with E-state index >= 15 is 0 Å². The fraction of sp³-hybridized carbons (Fsp3) is 0.500. The van der Waals surface area contributed by atoms with Gasteiger partial charge in [-0.15, -0.1) is 0 Å². The van der Waals surface area contributed by atoms with Crippen LogP contribution in [0.15, 0.2) is 29.5 Å². The maximum atomic E-state index is 12.8. The zero-order valence-electron chi connectivity index (χ0n) is 20.8. The quantitative estimate of drug-likeness (QED) is 0.316. The van der Waals surface area contributed by atoms with E-state index in [0.717, 1.165) is 31.5 Å². The number of H-pyrrole nitrogens is 1. The molecule has 8 nitrogen and oxygen atoms in total. The molecule has 3 N–H and O–H groups in total. The molecule has 33 heavy (non-hydrogen) atoms. The van der Waals surface area contributed by atoms with Crippen LogP contribution in [0.2, 0.25) is 0 Å². The smallest absolute Gasteiger partial charge is 0.255 e. The highest BCUT2D eigenvalue weighted by molar-refractivity contribution is 7.90. The zero-order chi connectivity index (χ0) is 25.2. The molecule has 0 radical (unpaired) electrons. The fourth-order valence-electron chi connectivity index (χ4n) is 3.51. The maximum absolute atomic E-state index is 12.8. The van der Waals surface area contributed by atoms with Gasteiger partial charge in [-0.2, -0.15) is 0 Å². The predicted octanol–water partition coefficient (Wildman–Crippen LogP) is 2.73. The molecule has 0 fully saturated rings. The van der Waals surface area contributed by atoms with Gasteiger partial charge in [0.2, 0.25) is 0 Å². The third-order valence-corrected chi connectivity index (χ3v) is 6.13. The summed E-state index contributed by atoms with van der Waals surface area (Å²) < 4.78 is 23.3. The number of rotatable bonds is 12. The number of carbonyl (C=O) groups is 2. The van der Waals surface area contributed by atoms with Crippen molar-refractivity contribution in [1.82, 2.24) is 20.5 Å². The first kappa shape index (κ1) is 28.4. The Kier molecular flexibility index (Phi) is 11.3. The second-order valence-electron chi connectivity index (χ2n) is 8.08. The number of sulfone groups is 1. The van der Waals surface area contributed by atoms with Crippen molar-refractivity contribution in [2.45, 2.75) is 41.5 Å². The normalized spacial score (nSPS) is 13.1. The molecule has 0 aliphatic carbocycles. The van der Waals surface area contributed by atoms with Gasteiger partial charge in [-0.25, -0.2) is 8.42 Å². The fourth-order valence-corrected chi connectivity index (χ4v) is 4.42. The topological polar surface area (TPSA) is 111 Å². The Morgan fingerprint density at radius 3 is 2.33 bits per heavy atom. The lowest BCUT2D eigenvalue weighted by Crippen LogP contribution is -2.35. The second kappa shape index (κ2) is 13.2. The van der Waals surface area contributed by atoms with Crippen LogP contribution in [0.25, 0.3) is 6.08 Å². The molecule has 9 heteroatoms. The lowest BCUT2D eigenvalue weighted by atomic mass is 10.1. The highest BCUT2D eigenvalue weighted by Crippen LogP contribution is 2.21. The van der Waals surface area contributed by atoms with Crippen molar-refractivity contribution in [3.63, 3.8) is 0 Å². The van der Waals surface area contributed by atoms with E-state index < -0.39 is 9.84 Å². The molecule has 184 valence electrons. The van der Waals surface area contributed by atoms with Crippen LogP contribution < -0.4 is 10.6 Å². The SMILES string of the molecule is C/C=C/NC(=O)C(=C\c1[nH]c(C)c(C(=O)NCCN(CC)CC)c1C)/C=C(\C)CS(C)(=O)=O. The minimum absolute atomic E-state index is 0.149. The van der Waals surface area contributed by atoms with Gasteiger partial charge in [-0.05, 0) is 64.7 Å². The maximum Gasteiger partial charge on any atom is 0.255 e. The molecule has 0 aliphatic heterocycles. The van der Waals surface area contributed by atoms with Crippen LogP contribution >= 0.6 is 0 Å². The van der Waals surface area contributed by atoms with E-state index in [1.54, 1.807) is 32.1 Å². The molecule has 0 aromatic carbocycles. The summed E-state index contributed by atoms with van der Waals surface area (Å²) in [5.74, 6) is -0.695. The van der Waals surface area contributed by atoms with Crippen LogP contribution in [-0.2, 0) is 14.6 Å². The summed E-state index contributed by atoms with van der Waals surface area (Å²) >= 11 is 0. The molecule has 1 aromatic heterocycles. The third kappa shape index (κ3) is 9.39. The zero-order valence-corrected chi connectivity index (χ0v) is 21.6. The van der Waals surface area contributed by atoms with Crippen molar-refractivity contribution >= 4 is 27.7 Å². The van der Waals surface area contributed by atoms with E-state index in [9.17, 15) is 18.0 Å². The average Bonchev–Trinajstić information content (AvgIpc) is 3.00. The first-order valence-electron chi connectivity index (χ1n) is 11.1. The Morgan fingerprint density at radius 2 is 1.79 bits per heavy atom. The van der Waals surface area contributed by atoms with Gasteiger partial charge in [0, 0.05) is 36.3 Å². The van der Waals surface area contributed by atoms with Crippen molar-refractivity contribution in [3.8, 4) is 0 Å². The van der Waals surface area contributed by atoms with Crippen LogP contribution in [0, 0.1) is 13.8 Å². The second-order valence-corrected chi connectivity index (χ2v) is 10.2. The van der Waals surface area contributed by atoms with Crippen molar-refractivity contribution in [2.75, 3.05) is 38.2 Å². The van der Waals surface area contributed by atoms with Crippen LogP contribution in [0.5, 0.6) is 0 Å². The van der Waals surface area contributed by atoms with E-state index in [2.05, 4.69) is 34.4 Å². The third-order valence-electron chi connectivity index (χ3n) is 5.15. The molecule has 2 amide bonds. The highest BCUT2D eigenvalue weighted by atomic mass is 32.2. The number of nitrogens with one attached hydrogen (secondary N) is 3. The summed E-state index contributed by atoms with van der Waals surface area (Å²) in [4.78, 5) is 30.9. The lowest BCUT2D eigenvalue weighted by Gasteiger charge is -2.18. The first-order chi connectivity index (χ1) is 15.4. The van der Waals surface area contributed by atoms with Crippen molar-refractivity contribution in [2.24, 2.45) is 0 Å². The lowest BCUT2D eigenvalue weighted by molar-refractivity contribution is -0.116. The van der Waals surface area contributed by atoms with Gasteiger partial charge >= 0.3 is 0 Å². The van der Waals surface area contributed by atoms with Crippen molar-refractivity contribution < 1.29 is 18.0 Å². The van der Waals surface area contributed by atoms with E-state index in [0.29, 0.717) is 29.1 Å². The molecular weight excluding hydrogens is 440 g/mol. The van der Waals surface area contributed by atoms with Crippen LogP contribution in [-0.4, -0.2) is 68.3 Å². The van der Waals surface area contributed by atoms with E-state index in [1.165, 1.54) is 6.20 Å². The summed E-state index contributed by atoms with van der Waals surface area (Å²) in [7, 11) is -3.23. The van der Waals surface area contributed by atoms with Gasteiger partial charge in [-0.1, -0.05) is 25.5 Å². The number of hydrogen-bond donors (Lipinski definition) is 3. The van der Waals surface area contributed by atoms with Crippen LogP contribution in [0.3, 0.4) is 0 Å². The largest absolute Gasteiger partial charge is 0.358 e. The molecule has 0 saturated heterocycles. The first-order valence-corrected chi connectivity index (χ1v) is 13.2. The summed E-state index contributed by atoms with van der Waals surface area (Å²) in [5.41, 5.74) is 3.41.